The minimum Gasteiger partial charge on any atom is -0.437 e. The van der Waals surface area contributed by atoms with E-state index >= 15 is 0 Å². The number of hydrogen-bond donors (Lipinski definition) is 1. The van der Waals surface area contributed by atoms with Gasteiger partial charge in [0.2, 0.25) is 10.0 Å². The molecule has 1 N–H and O–H groups in total. The zero-order valence-corrected chi connectivity index (χ0v) is 12.0. The first-order chi connectivity index (χ1) is 8.93. The average Bonchev–Trinajstić information content (AvgIpc) is 2.88. The van der Waals surface area contributed by atoms with Gasteiger partial charge in [-0.05, 0) is 31.9 Å². The highest BCUT2D eigenvalue weighted by Gasteiger charge is 2.35. The fraction of sp³-hybridized carbons (Fsp3) is 0.500. The first kappa shape index (κ1) is 14.5. The van der Waals surface area contributed by atoms with Crippen LogP contribution < -0.4 is 0 Å². The number of likely N-dealkylation sites (N-methyl/N-ethyl adjacent to an activating group) is 1. The van der Waals surface area contributed by atoms with E-state index in [9.17, 15) is 13.4 Å². The van der Waals surface area contributed by atoms with Crippen LogP contribution >= 0.6 is 0 Å². The summed E-state index contributed by atoms with van der Waals surface area (Å²) in [6.07, 6.45) is 0.744. The van der Waals surface area contributed by atoms with Gasteiger partial charge in [-0.1, -0.05) is 18.2 Å². The van der Waals surface area contributed by atoms with Gasteiger partial charge in [-0.15, -0.1) is 0 Å². The molecule has 1 aromatic carbocycles. The Bertz CT molecular complexity index is 521. The monoisotopic (exact) mass is 282 g/mol. The molecule has 1 heterocycles. The molecule has 0 unspecified atom stereocenters. The van der Waals surface area contributed by atoms with E-state index in [-0.39, 0.29) is 6.04 Å². The summed E-state index contributed by atoms with van der Waals surface area (Å²) >= 11 is 0. The summed E-state index contributed by atoms with van der Waals surface area (Å²) in [6.45, 7) is 2.99. The minimum absolute atomic E-state index is 0.0835. The van der Waals surface area contributed by atoms with E-state index in [1.165, 1.54) is 4.31 Å². The van der Waals surface area contributed by atoms with E-state index in [2.05, 4.69) is 0 Å². The van der Waals surface area contributed by atoms with Crippen LogP contribution in [0.25, 0.3) is 0 Å². The van der Waals surface area contributed by atoms with Crippen LogP contribution in [0.4, 0.5) is 0 Å². The summed E-state index contributed by atoms with van der Waals surface area (Å²) in [7, 11) is -2.37. The van der Waals surface area contributed by atoms with Crippen LogP contribution in [0.15, 0.2) is 35.2 Å². The van der Waals surface area contributed by atoms with Gasteiger partial charge in [0.1, 0.15) is 0 Å². The zero-order chi connectivity index (χ0) is 14.0. The van der Waals surface area contributed by atoms with Gasteiger partial charge in [-0.25, -0.2) is 8.42 Å². The predicted octanol–water partition coefficient (Wildman–Crippen LogP) is 0.492. The quantitative estimate of drug-likeness (QED) is 0.817. The third-order valence-electron chi connectivity index (χ3n) is 3.66. The first-order valence-electron chi connectivity index (χ1n) is 6.38. The molecule has 0 saturated carbocycles. The lowest BCUT2D eigenvalue weighted by atomic mass is 9.86. The normalized spacial score (nSPS) is 20.9. The fourth-order valence-electron chi connectivity index (χ4n) is 2.36. The Labute approximate surface area is 115 Å². The topological polar surface area (TPSA) is 60.9 Å². The summed E-state index contributed by atoms with van der Waals surface area (Å²) in [4.78, 5) is 2.19. The van der Waals surface area contributed by atoms with Crippen molar-refractivity contribution < 1.29 is 13.4 Å². The van der Waals surface area contributed by atoms with Gasteiger partial charge in [-0.3, -0.25) is 0 Å². The second-order valence-corrected chi connectivity index (χ2v) is 6.90. The highest BCUT2D eigenvalue weighted by Crippen LogP contribution is 2.22. The zero-order valence-electron chi connectivity index (χ0n) is 11.2. The lowest BCUT2D eigenvalue weighted by Gasteiger charge is -2.24. The number of rotatable bonds is 4. The molecule has 1 saturated heterocycles. The van der Waals surface area contributed by atoms with E-state index in [0.29, 0.717) is 11.4 Å². The van der Waals surface area contributed by atoms with Crippen LogP contribution in [0.5, 0.6) is 0 Å². The van der Waals surface area contributed by atoms with Crippen molar-refractivity contribution in [3.8, 4) is 0 Å². The molecule has 0 amide bonds. The molecular weight excluding hydrogens is 263 g/mol. The highest BCUT2D eigenvalue weighted by atomic mass is 32.2. The molecule has 19 heavy (non-hydrogen) atoms. The first-order valence-corrected chi connectivity index (χ1v) is 7.82. The Morgan fingerprint density at radius 2 is 2.00 bits per heavy atom. The molecule has 1 aliphatic rings. The van der Waals surface area contributed by atoms with Gasteiger partial charge in [0.25, 0.3) is 0 Å². The number of benzene rings is 1. The molecule has 2 rings (SSSR count). The standard InChI is InChI=1S/C12H19BN2O3S/c1-13(16)15-9-8-11(10-15)14(2)19(17,18)12-6-4-3-5-7-12/h3-7,11,16H,8-10H2,1-2H3/t11-/m1/s1. The molecule has 0 spiro atoms. The van der Waals surface area contributed by atoms with Crippen molar-refractivity contribution in [1.29, 1.82) is 0 Å². The molecule has 1 fully saturated rings. The van der Waals surface area contributed by atoms with E-state index in [4.69, 9.17) is 0 Å². The summed E-state index contributed by atoms with van der Waals surface area (Å²) in [5.74, 6) is 0. The second kappa shape index (κ2) is 5.62. The van der Waals surface area contributed by atoms with Gasteiger partial charge in [0.15, 0.2) is 0 Å². The fourth-order valence-corrected chi connectivity index (χ4v) is 3.76. The summed E-state index contributed by atoms with van der Waals surface area (Å²) < 4.78 is 26.3. The Morgan fingerprint density at radius 3 is 2.53 bits per heavy atom. The van der Waals surface area contributed by atoms with Crippen LogP contribution in [0.1, 0.15) is 6.42 Å². The van der Waals surface area contributed by atoms with Gasteiger partial charge in [-0.2, -0.15) is 4.31 Å². The van der Waals surface area contributed by atoms with Crippen molar-refractivity contribution >= 4 is 17.1 Å². The van der Waals surface area contributed by atoms with E-state index in [0.717, 1.165) is 13.0 Å². The molecule has 104 valence electrons. The van der Waals surface area contributed by atoms with Crippen LogP contribution in [-0.2, 0) is 10.0 Å². The summed E-state index contributed by atoms with van der Waals surface area (Å²) in [6, 6.07) is 8.36. The molecule has 0 radical (unpaired) electrons. The molecule has 0 aliphatic carbocycles. The Kier molecular flexibility index (Phi) is 4.30. The molecule has 0 aromatic heterocycles. The van der Waals surface area contributed by atoms with Crippen molar-refractivity contribution in [3.05, 3.63) is 30.3 Å². The van der Waals surface area contributed by atoms with Gasteiger partial charge in [0.05, 0.1) is 4.90 Å². The van der Waals surface area contributed by atoms with E-state index in [1.54, 1.807) is 44.2 Å². The Balaban J connectivity index is 2.14. The third-order valence-corrected chi connectivity index (χ3v) is 5.58. The van der Waals surface area contributed by atoms with E-state index in [1.807, 2.05) is 4.81 Å². The minimum atomic E-state index is -3.45. The van der Waals surface area contributed by atoms with Gasteiger partial charge in [0, 0.05) is 19.6 Å². The van der Waals surface area contributed by atoms with E-state index < -0.39 is 17.1 Å². The number of hydrogen-bond acceptors (Lipinski definition) is 4. The second-order valence-electron chi connectivity index (χ2n) is 4.90. The largest absolute Gasteiger partial charge is 0.437 e. The van der Waals surface area contributed by atoms with Crippen LogP contribution in [0.2, 0.25) is 6.82 Å². The third kappa shape index (κ3) is 3.00. The summed E-state index contributed by atoms with van der Waals surface area (Å²) in [5.41, 5.74) is 0. The molecule has 1 aromatic rings. The lowest BCUT2D eigenvalue weighted by Crippen LogP contribution is -2.41. The van der Waals surface area contributed by atoms with Crippen LogP contribution in [-0.4, -0.2) is 55.8 Å². The van der Waals surface area contributed by atoms with Crippen molar-refractivity contribution in [2.45, 2.75) is 24.2 Å². The maximum atomic E-state index is 12.4. The lowest BCUT2D eigenvalue weighted by molar-refractivity contribution is 0.357. The highest BCUT2D eigenvalue weighted by molar-refractivity contribution is 7.89. The molecule has 1 atom stereocenters. The van der Waals surface area contributed by atoms with Gasteiger partial charge >= 0.3 is 7.05 Å². The maximum Gasteiger partial charge on any atom is 0.376 e. The molecular formula is C12H19BN2O3S. The van der Waals surface area contributed by atoms with Crippen LogP contribution in [0.3, 0.4) is 0 Å². The van der Waals surface area contributed by atoms with Crippen molar-refractivity contribution in [3.63, 3.8) is 0 Å². The SMILES string of the molecule is CB(O)N1CC[C@@H](N(C)S(=O)(=O)c2ccccc2)C1. The molecule has 7 heteroatoms. The van der Waals surface area contributed by atoms with Crippen molar-refractivity contribution in [2.75, 3.05) is 20.1 Å². The summed E-state index contributed by atoms with van der Waals surface area (Å²) in [5, 5.41) is 9.53. The smallest absolute Gasteiger partial charge is 0.376 e. The number of nitrogens with zero attached hydrogens (tertiary/aromatic N) is 2. The molecule has 0 bridgehead atoms. The molecule has 5 nitrogen and oxygen atoms in total. The Morgan fingerprint density at radius 1 is 1.37 bits per heavy atom. The predicted molar refractivity (Wildman–Crippen MR) is 75.2 cm³/mol. The van der Waals surface area contributed by atoms with Crippen LogP contribution in [0, 0.1) is 0 Å². The number of sulfonamides is 1. The van der Waals surface area contributed by atoms with Gasteiger partial charge < -0.3 is 9.83 Å². The Hall–Kier alpha value is -0.885. The van der Waals surface area contributed by atoms with Crippen molar-refractivity contribution in [2.24, 2.45) is 0 Å². The average molecular weight is 282 g/mol. The van der Waals surface area contributed by atoms with Crippen molar-refractivity contribution in [1.82, 2.24) is 9.12 Å². The maximum absolute atomic E-state index is 12.4. The molecule has 1 aliphatic heterocycles.